The number of methoxy groups -OCH3 is 1. The van der Waals surface area contributed by atoms with Gasteiger partial charge in [-0.2, -0.15) is 0 Å². The molecular formula is C22H22ClNO3. The van der Waals surface area contributed by atoms with Gasteiger partial charge in [-0.15, -0.1) is 12.4 Å². The first-order valence-electron chi connectivity index (χ1n) is 8.38. The second-order valence-electron chi connectivity index (χ2n) is 5.91. The molecule has 3 rings (SSSR count). The molecule has 0 heterocycles. The fourth-order valence-electron chi connectivity index (χ4n) is 2.60. The first kappa shape index (κ1) is 20.5. The van der Waals surface area contributed by atoms with E-state index < -0.39 is 6.04 Å². The van der Waals surface area contributed by atoms with Crippen LogP contribution in [0.5, 0.6) is 11.5 Å². The molecule has 0 aromatic heterocycles. The second-order valence-corrected chi connectivity index (χ2v) is 5.91. The highest BCUT2D eigenvalue weighted by Gasteiger charge is 2.17. The number of hydrogen-bond donors (Lipinski definition) is 1. The van der Waals surface area contributed by atoms with Crippen molar-refractivity contribution in [2.24, 2.45) is 5.73 Å². The molecule has 0 aliphatic heterocycles. The normalized spacial score (nSPS) is 11.2. The SMILES string of the molecule is COc1ccc(C(N)C(=O)c2ccc(OCc3ccccc3)cc2)cc1.Cl. The second kappa shape index (κ2) is 9.76. The molecule has 1 atom stereocenters. The predicted molar refractivity (Wildman–Crippen MR) is 109 cm³/mol. The first-order valence-corrected chi connectivity index (χ1v) is 8.38. The van der Waals surface area contributed by atoms with E-state index in [4.69, 9.17) is 15.2 Å². The molecule has 3 aromatic carbocycles. The van der Waals surface area contributed by atoms with Gasteiger partial charge in [-0.25, -0.2) is 0 Å². The molecule has 1 unspecified atom stereocenters. The van der Waals surface area contributed by atoms with Gasteiger partial charge in [0.2, 0.25) is 0 Å². The number of halogens is 1. The zero-order valence-electron chi connectivity index (χ0n) is 15.0. The summed E-state index contributed by atoms with van der Waals surface area (Å²) in [6.07, 6.45) is 0. The summed E-state index contributed by atoms with van der Waals surface area (Å²) in [4.78, 5) is 12.6. The number of ether oxygens (including phenoxy) is 2. The van der Waals surface area contributed by atoms with E-state index in [1.807, 2.05) is 30.3 Å². The van der Waals surface area contributed by atoms with Crippen molar-refractivity contribution in [2.75, 3.05) is 7.11 Å². The van der Waals surface area contributed by atoms with Crippen LogP contribution in [0.4, 0.5) is 0 Å². The predicted octanol–water partition coefficient (Wildman–Crippen LogP) is 4.58. The Morgan fingerprint density at radius 3 is 2.07 bits per heavy atom. The number of nitrogens with two attached hydrogens (primary N) is 1. The topological polar surface area (TPSA) is 61.5 Å². The van der Waals surface area contributed by atoms with Crippen molar-refractivity contribution in [2.45, 2.75) is 12.6 Å². The van der Waals surface area contributed by atoms with Crippen LogP contribution in [0.15, 0.2) is 78.9 Å². The molecular weight excluding hydrogens is 362 g/mol. The molecule has 0 aliphatic rings. The molecule has 27 heavy (non-hydrogen) atoms. The van der Waals surface area contributed by atoms with E-state index in [0.29, 0.717) is 17.9 Å². The van der Waals surface area contributed by atoms with Gasteiger partial charge in [0.05, 0.1) is 13.2 Å². The third kappa shape index (κ3) is 5.33. The van der Waals surface area contributed by atoms with Gasteiger partial charge >= 0.3 is 0 Å². The average molecular weight is 384 g/mol. The first-order chi connectivity index (χ1) is 12.7. The summed E-state index contributed by atoms with van der Waals surface area (Å²) < 4.78 is 10.9. The van der Waals surface area contributed by atoms with Gasteiger partial charge in [0, 0.05) is 5.56 Å². The van der Waals surface area contributed by atoms with Gasteiger partial charge in [-0.1, -0.05) is 42.5 Å². The summed E-state index contributed by atoms with van der Waals surface area (Å²) in [7, 11) is 1.60. The smallest absolute Gasteiger partial charge is 0.184 e. The fraction of sp³-hybridized carbons (Fsp3) is 0.136. The maximum Gasteiger partial charge on any atom is 0.184 e. The monoisotopic (exact) mass is 383 g/mol. The van der Waals surface area contributed by atoms with Gasteiger partial charge in [-0.3, -0.25) is 4.79 Å². The lowest BCUT2D eigenvalue weighted by Gasteiger charge is -2.12. The lowest BCUT2D eigenvalue weighted by molar-refractivity contribution is 0.0961. The van der Waals surface area contributed by atoms with Gasteiger partial charge in [-0.05, 0) is 47.5 Å². The Kier molecular flexibility index (Phi) is 7.41. The summed E-state index contributed by atoms with van der Waals surface area (Å²) >= 11 is 0. The van der Waals surface area contributed by atoms with Crippen LogP contribution in [-0.2, 0) is 6.61 Å². The van der Waals surface area contributed by atoms with Crippen LogP contribution >= 0.6 is 12.4 Å². The van der Waals surface area contributed by atoms with Crippen molar-refractivity contribution in [3.05, 3.63) is 95.6 Å². The summed E-state index contributed by atoms with van der Waals surface area (Å²) in [6.45, 7) is 0.486. The molecule has 0 bridgehead atoms. The minimum Gasteiger partial charge on any atom is -0.497 e. The highest BCUT2D eigenvalue weighted by molar-refractivity contribution is 6.00. The lowest BCUT2D eigenvalue weighted by atomic mass is 9.98. The standard InChI is InChI=1S/C22H21NO3.ClH/c1-25-19-11-7-17(8-12-19)21(23)22(24)18-9-13-20(14-10-18)26-15-16-5-3-2-4-6-16;/h2-14,21H,15,23H2,1H3;1H. The van der Waals surface area contributed by atoms with Crippen molar-refractivity contribution in [1.82, 2.24) is 0 Å². The quantitative estimate of drug-likeness (QED) is 0.606. The Labute approximate surface area is 165 Å². The van der Waals surface area contributed by atoms with Crippen LogP contribution in [0.3, 0.4) is 0 Å². The van der Waals surface area contributed by atoms with Crippen LogP contribution < -0.4 is 15.2 Å². The molecule has 0 saturated heterocycles. The minimum atomic E-state index is -0.711. The molecule has 0 radical (unpaired) electrons. The Balaban J connectivity index is 0.00000261. The number of hydrogen-bond acceptors (Lipinski definition) is 4. The maximum atomic E-state index is 12.6. The summed E-state index contributed by atoms with van der Waals surface area (Å²) in [5.74, 6) is 1.31. The number of rotatable bonds is 7. The largest absolute Gasteiger partial charge is 0.497 e. The average Bonchev–Trinajstić information content (AvgIpc) is 2.72. The Morgan fingerprint density at radius 1 is 0.889 bits per heavy atom. The molecule has 0 fully saturated rings. The number of Topliss-reactive ketones (excluding diaryl/α,β-unsaturated/α-hetero) is 1. The van der Waals surface area contributed by atoms with E-state index >= 15 is 0 Å². The molecule has 4 nitrogen and oxygen atoms in total. The van der Waals surface area contributed by atoms with Crippen LogP contribution in [-0.4, -0.2) is 12.9 Å². The molecule has 140 valence electrons. The van der Waals surface area contributed by atoms with Gasteiger partial charge in [0.15, 0.2) is 5.78 Å². The van der Waals surface area contributed by atoms with Crippen LogP contribution in [0.1, 0.15) is 27.5 Å². The summed E-state index contributed by atoms with van der Waals surface area (Å²) in [5.41, 5.74) is 8.51. The van der Waals surface area contributed by atoms with E-state index in [1.54, 1.807) is 55.6 Å². The van der Waals surface area contributed by atoms with Gasteiger partial charge in [0.1, 0.15) is 18.1 Å². The van der Waals surface area contributed by atoms with Crippen molar-refractivity contribution >= 4 is 18.2 Å². The third-order valence-electron chi connectivity index (χ3n) is 4.14. The molecule has 0 saturated carbocycles. The number of benzene rings is 3. The Hall–Kier alpha value is -2.82. The number of carbonyl (C=O) groups excluding carboxylic acids is 1. The van der Waals surface area contributed by atoms with Crippen LogP contribution in [0.2, 0.25) is 0 Å². The molecule has 0 aliphatic carbocycles. The Morgan fingerprint density at radius 2 is 1.48 bits per heavy atom. The highest BCUT2D eigenvalue weighted by atomic mass is 35.5. The lowest BCUT2D eigenvalue weighted by Crippen LogP contribution is -2.21. The van der Waals surface area contributed by atoms with E-state index in [1.165, 1.54) is 0 Å². The highest BCUT2D eigenvalue weighted by Crippen LogP contribution is 2.21. The Bertz CT molecular complexity index is 849. The van der Waals surface area contributed by atoms with Gasteiger partial charge < -0.3 is 15.2 Å². The molecule has 3 aromatic rings. The van der Waals surface area contributed by atoms with E-state index in [0.717, 1.165) is 16.9 Å². The zero-order chi connectivity index (χ0) is 18.4. The number of ketones is 1. The summed E-state index contributed by atoms with van der Waals surface area (Å²) in [6, 6.07) is 23.5. The van der Waals surface area contributed by atoms with Crippen molar-refractivity contribution in [1.29, 1.82) is 0 Å². The summed E-state index contributed by atoms with van der Waals surface area (Å²) in [5, 5.41) is 0. The zero-order valence-corrected chi connectivity index (χ0v) is 15.8. The van der Waals surface area contributed by atoms with Crippen molar-refractivity contribution in [3.8, 4) is 11.5 Å². The molecule has 5 heteroatoms. The minimum absolute atomic E-state index is 0. The fourth-order valence-corrected chi connectivity index (χ4v) is 2.60. The molecule has 2 N–H and O–H groups in total. The van der Waals surface area contributed by atoms with Gasteiger partial charge in [0.25, 0.3) is 0 Å². The van der Waals surface area contributed by atoms with E-state index in [2.05, 4.69) is 0 Å². The maximum absolute atomic E-state index is 12.6. The molecule has 0 amide bonds. The van der Waals surface area contributed by atoms with Crippen LogP contribution in [0, 0.1) is 0 Å². The van der Waals surface area contributed by atoms with E-state index in [-0.39, 0.29) is 18.2 Å². The van der Waals surface area contributed by atoms with Crippen LogP contribution in [0.25, 0.3) is 0 Å². The van der Waals surface area contributed by atoms with Crippen molar-refractivity contribution in [3.63, 3.8) is 0 Å². The molecule has 0 spiro atoms. The third-order valence-corrected chi connectivity index (χ3v) is 4.14. The van der Waals surface area contributed by atoms with E-state index in [9.17, 15) is 4.79 Å². The number of carbonyl (C=O) groups is 1. The van der Waals surface area contributed by atoms with Crippen molar-refractivity contribution < 1.29 is 14.3 Å².